The Morgan fingerprint density at radius 2 is 1.50 bits per heavy atom. The van der Waals surface area contributed by atoms with Gasteiger partial charge in [-0.05, 0) is 54.8 Å². The highest BCUT2D eigenvalue weighted by Crippen LogP contribution is 2.67. The van der Waals surface area contributed by atoms with Crippen molar-refractivity contribution in [1.82, 2.24) is 0 Å². The summed E-state index contributed by atoms with van der Waals surface area (Å²) in [6.07, 6.45) is 6.31. The SMILES string of the molecule is CC(C)C1C2CC1C1CCCC12. The molecular formula is C12H20. The summed E-state index contributed by atoms with van der Waals surface area (Å²) in [6.45, 7) is 4.87. The molecule has 0 amide bonds. The van der Waals surface area contributed by atoms with Crippen molar-refractivity contribution in [1.29, 1.82) is 0 Å². The Labute approximate surface area is 75.7 Å². The molecule has 68 valence electrons. The van der Waals surface area contributed by atoms with E-state index in [9.17, 15) is 0 Å². The monoisotopic (exact) mass is 164 g/mol. The second-order valence-electron chi connectivity index (χ2n) is 5.64. The van der Waals surface area contributed by atoms with Gasteiger partial charge in [0.1, 0.15) is 0 Å². The molecule has 0 saturated heterocycles. The minimum absolute atomic E-state index is 0.972. The van der Waals surface area contributed by atoms with Crippen LogP contribution < -0.4 is 0 Å². The van der Waals surface area contributed by atoms with Crippen molar-refractivity contribution in [3.8, 4) is 0 Å². The van der Waals surface area contributed by atoms with E-state index in [1.165, 1.54) is 23.7 Å². The number of hydrogen-bond donors (Lipinski definition) is 0. The molecule has 4 unspecified atom stereocenters. The number of rotatable bonds is 1. The van der Waals surface area contributed by atoms with Gasteiger partial charge in [-0.1, -0.05) is 20.3 Å². The molecule has 0 spiro atoms. The van der Waals surface area contributed by atoms with Gasteiger partial charge in [-0.2, -0.15) is 0 Å². The van der Waals surface area contributed by atoms with Crippen molar-refractivity contribution in [2.45, 2.75) is 39.5 Å². The molecule has 0 heteroatoms. The largest absolute Gasteiger partial charge is 0.0625 e. The van der Waals surface area contributed by atoms with Crippen LogP contribution >= 0.6 is 0 Å². The van der Waals surface area contributed by atoms with Crippen LogP contribution in [-0.4, -0.2) is 0 Å². The lowest BCUT2D eigenvalue weighted by Crippen LogP contribution is -2.34. The Hall–Kier alpha value is 0. The molecule has 0 aromatic heterocycles. The van der Waals surface area contributed by atoms with E-state index in [1.54, 1.807) is 25.7 Å². The average Bonchev–Trinajstić information content (AvgIpc) is 2.39. The molecule has 0 heterocycles. The van der Waals surface area contributed by atoms with E-state index in [4.69, 9.17) is 0 Å². The lowest BCUT2D eigenvalue weighted by molar-refractivity contribution is 0.0750. The fourth-order valence-electron chi connectivity index (χ4n) is 4.74. The third kappa shape index (κ3) is 0.701. The summed E-state index contributed by atoms with van der Waals surface area (Å²) in [6, 6.07) is 0. The van der Waals surface area contributed by atoms with Crippen LogP contribution in [0.4, 0.5) is 0 Å². The first-order chi connectivity index (χ1) is 5.79. The lowest BCUT2D eigenvalue weighted by atomic mass is 9.64. The molecular weight excluding hydrogens is 144 g/mol. The van der Waals surface area contributed by atoms with Crippen LogP contribution in [0.25, 0.3) is 0 Å². The minimum Gasteiger partial charge on any atom is -0.0625 e. The maximum absolute atomic E-state index is 2.44. The quantitative estimate of drug-likeness (QED) is 0.557. The summed E-state index contributed by atoms with van der Waals surface area (Å²) in [4.78, 5) is 0. The van der Waals surface area contributed by atoms with Gasteiger partial charge in [-0.3, -0.25) is 0 Å². The van der Waals surface area contributed by atoms with Gasteiger partial charge in [-0.25, -0.2) is 0 Å². The fourth-order valence-corrected chi connectivity index (χ4v) is 4.74. The predicted molar refractivity (Wildman–Crippen MR) is 50.8 cm³/mol. The van der Waals surface area contributed by atoms with Gasteiger partial charge >= 0.3 is 0 Å². The molecule has 4 aliphatic rings. The molecule has 0 aliphatic heterocycles. The van der Waals surface area contributed by atoms with Gasteiger partial charge in [0.05, 0.1) is 0 Å². The van der Waals surface area contributed by atoms with Gasteiger partial charge in [-0.15, -0.1) is 0 Å². The normalized spacial score (nSPS) is 55.8. The molecule has 2 bridgehead atoms. The van der Waals surface area contributed by atoms with E-state index in [2.05, 4.69) is 13.8 Å². The Morgan fingerprint density at radius 3 is 2.00 bits per heavy atom. The number of hydrogen-bond acceptors (Lipinski definition) is 0. The van der Waals surface area contributed by atoms with E-state index in [-0.39, 0.29) is 0 Å². The Balaban J connectivity index is 1.83. The van der Waals surface area contributed by atoms with Gasteiger partial charge in [0.25, 0.3) is 0 Å². The molecule has 0 aromatic carbocycles. The van der Waals surface area contributed by atoms with Crippen LogP contribution in [0.1, 0.15) is 39.5 Å². The fraction of sp³-hybridized carbons (Fsp3) is 1.00. The summed E-state index contributed by atoms with van der Waals surface area (Å²) >= 11 is 0. The second-order valence-corrected chi connectivity index (χ2v) is 5.64. The van der Waals surface area contributed by atoms with Crippen LogP contribution in [0.3, 0.4) is 0 Å². The molecule has 0 radical (unpaired) electrons. The summed E-state index contributed by atoms with van der Waals surface area (Å²) < 4.78 is 0. The summed E-state index contributed by atoms with van der Waals surface area (Å²) in [5.41, 5.74) is 0. The average molecular weight is 164 g/mol. The van der Waals surface area contributed by atoms with Crippen molar-refractivity contribution >= 4 is 0 Å². The highest BCUT2D eigenvalue weighted by atomic mass is 14.6. The van der Waals surface area contributed by atoms with E-state index >= 15 is 0 Å². The first kappa shape index (κ1) is 7.41. The first-order valence-corrected chi connectivity index (χ1v) is 5.79. The van der Waals surface area contributed by atoms with Gasteiger partial charge < -0.3 is 0 Å². The van der Waals surface area contributed by atoms with Gasteiger partial charge in [0.2, 0.25) is 0 Å². The predicted octanol–water partition coefficient (Wildman–Crippen LogP) is 3.32. The topological polar surface area (TPSA) is 0 Å². The molecule has 4 fully saturated rings. The van der Waals surface area contributed by atoms with Crippen LogP contribution in [0, 0.1) is 35.5 Å². The minimum atomic E-state index is 0.972. The molecule has 0 aromatic rings. The van der Waals surface area contributed by atoms with Crippen molar-refractivity contribution in [3.05, 3.63) is 0 Å². The van der Waals surface area contributed by atoms with Gasteiger partial charge in [0.15, 0.2) is 0 Å². The van der Waals surface area contributed by atoms with E-state index in [0.29, 0.717) is 0 Å². The molecule has 4 atom stereocenters. The Kier molecular flexibility index (Phi) is 1.40. The van der Waals surface area contributed by atoms with Crippen LogP contribution in [-0.2, 0) is 0 Å². The van der Waals surface area contributed by atoms with E-state index in [1.807, 2.05) is 0 Å². The Morgan fingerprint density at radius 1 is 0.917 bits per heavy atom. The molecule has 0 N–H and O–H groups in total. The van der Waals surface area contributed by atoms with Crippen molar-refractivity contribution in [2.24, 2.45) is 35.5 Å². The molecule has 4 rings (SSSR count). The zero-order valence-electron chi connectivity index (χ0n) is 8.29. The third-order valence-corrected chi connectivity index (χ3v) is 5.03. The summed E-state index contributed by atoms with van der Waals surface area (Å²) in [5.74, 6) is 6.81. The maximum Gasteiger partial charge on any atom is -0.0329 e. The summed E-state index contributed by atoms with van der Waals surface area (Å²) in [5, 5.41) is 0. The summed E-state index contributed by atoms with van der Waals surface area (Å²) in [7, 11) is 0. The highest BCUT2D eigenvalue weighted by Gasteiger charge is 2.60. The van der Waals surface area contributed by atoms with Crippen LogP contribution in [0.2, 0.25) is 0 Å². The third-order valence-electron chi connectivity index (χ3n) is 5.03. The maximum atomic E-state index is 2.44. The van der Waals surface area contributed by atoms with E-state index < -0.39 is 0 Å². The molecule has 4 aliphatic carbocycles. The van der Waals surface area contributed by atoms with Crippen LogP contribution in [0.5, 0.6) is 0 Å². The second kappa shape index (κ2) is 2.27. The molecule has 12 heavy (non-hydrogen) atoms. The van der Waals surface area contributed by atoms with Crippen molar-refractivity contribution in [3.63, 3.8) is 0 Å². The van der Waals surface area contributed by atoms with Crippen molar-refractivity contribution in [2.75, 3.05) is 0 Å². The lowest BCUT2D eigenvalue weighted by Gasteiger charge is -2.41. The zero-order valence-corrected chi connectivity index (χ0v) is 8.29. The smallest absolute Gasteiger partial charge is 0.0329 e. The first-order valence-electron chi connectivity index (χ1n) is 5.79. The Bertz CT molecular complexity index is 178. The van der Waals surface area contributed by atoms with Crippen molar-refractivity contribution < 1.29 is 0 Å². The van der Waals surface area contributed by atoms with Gasteiger partial charge in [0, 0.05) is 0 Å². The highest BCUT2D eigenvalue weighted by molar-refractivity contribution is 5.08. The molecule has 4 saturated carbocycles. The zero-order chi connectivity index (χ0) is 8.29. The molecule has 0 nitrogen and oxygen atoms in total. The van der Waals surface area contributed by atoms with E-state index in [0.717, 1.165) is 11.8 Å². The standard InChI is InChI=1S/C12H20/c1-7(2)12-10-6-11(12)9-5-3-4-8(9)10/h7-12H,3-6H2,1-2H3. The van der Waals surface area contributed by atoms with Crippen LogP contribution in [0.15, 0.2) is 0 Å².